The van der Waals surface area contributed by atoms with E-state index in [0.29, 0.717) is 0 Å². The first kappa shape index (κ1) is 14.6. The summed E-state index contributed by atoms with van der Waals surface area (Å²) in [5, 5.41) is 0. The molecular weight excluding hydrogens is 270 g/mol. The molecule has 2 saturated carbocycles. The Bertz CT molecular complexity index is 533. The average Bonchev–Trinajstić information content (AvgIpc) is 3.18. The SMILES string of the molecule is COc1ccc(C2CCN([C@H]3C[C@H]4CC[C@H]3C4)CC2)c(C)c1. The number of fused-ring (bicyclic) bond motifs is 2. The first-order valence-corrected chi connectivity index (χ1v) is 9.13. The topological polar surface area (TPSA) is 12.5 Å². The molecule has 1 aromatic rings. The van der Waals surface area contributed by atoms with E-state index in [1.54, 1.807) is 12.7 Å². The Morgan fingerprint density at radius 1 is 1.05 bits per heavy atom. The molecule has 3 fully saturated rings. The van der Waals surface area contributed by atoms with Gasteiger partial charge in [-0.15, -0.1) is 0 Å². The monoisotopic (exact) mass is 299 g/mol. The molecule has 1 heterocycles. The van der Waals surface area contributed by atoms with Crippen LogP contribution in [0.25, 0.3) is 0 Å². The van der Waals surface area contributed by atoms with Crippen LogP contribution in [0.5, 0.6) is 5.75 Å². The fourth-order valence-corrected chi connectivity index (χ4v) is 5.43. The maximum absolute atomic E-state index is 5.34. The Kier molecular flexibility index (Phi) is 3.89. The molecular formula is C20H29NO. The molecule has 120 valence electrons. The zero-order valence-electron chi connectivity index (χ0n) is 14.1. The highest BCUT2D eigenvalue weighted by Crippen LogP contribution is 2.47. The molecule has 0 radical (unpaired) electrons. The van der Waals surface area contributed by atoms with Gasteiger partial charge in [0.1, 0.15) is 5.75 Å². The van der Waals surface area contributed by atoms with Gasteiger partial charge in [-0.1, -0.05) is 12.5 Å². The smallest absolute Gasteiger partial charge is 0.119 e. The van der Waals surface area contributed by atoms with E-state index in [-0.39, 0.29) is 0 Å². The van der Waals surface area contributed by atoms with E-state index >= 15 is 0 Å². The second kappa shape index (κ2) is 5.88. The zero-order chi connectivity index (χ0) is 15.1. The van der Waals surface area contributed by atoms with Gasteiger partial charge >= 0.3 is 0 Å². The second-order valence-corrected chi connectivity index (χ2v) is 7.77. The summed E-state index contributed by atoms with van der Waals surface area (Å²) >= 11 is 0. The molecule has 0 spiro atoms. The van der Waals surface area contributed by atoms with Crippen molar-refractivity contribution >= 4 is 0 Å². The standard InChI is InChI=1S/C20H29NO/c1-14-11-18(22-2)5-6-19(14)16-7-9-21(10-8-16)20-13-15-3-4-17(20)12-15/h5-6,11,15-17,20H,3-4,7-10,12-13H2,1-2H3/t15-,17-,20-/m0/s1. The Balaban J connectivity index is 1.39. The third-order valence-electron chi connectivity index (χ3n) is 6.62. The molecule has 2 aliphatic carbocycles. The summed E-state index contributed by atoms with van der Waals surface area (Å²) in [6.07, 6.45) is 8.72. The van der Waals surface area contributed by atoms with Crippen LogP contribution in [0.15, 0.2) is 18.2 Å². The van der Waals surface area contributed by atoms with Crippen molar-refractivity contribution in [1.82, 2.24) is 4.90 Å². The van der Waals surface area contributed by atoms with Crippen LogP contribution in [-0.4, -0.2) is 31.1 Å². The molecule has 2 nitrogen and oxygen atoms in total. The molecule has 3 aliphatic rings. The number of methoxy groups -OCH3 is 1. The lowest BCUT2D eigenvalue weighted by atomic mass is 9.85. The highest BCUT2D eigenvalue weighted by molar-refractivity contribution is 5.37. The number of aryl methyl sites for hydroxylation is 1. The maximum atomic E-state index is 5.34. The Labute approximate surface area is 134 Å². The van der Waals surface area contributed by atoms with Crippen LogP contribution in [-0.2, 0) is 0 Å². The minimum atomic E-state index is 0.751. The lowest BCUT2D eigenvalue weighted by molar-refractivity contribution is 0.110. The first-order chi connectivity index (χ1) is 10.7. The molecule has 0 N–H and O–H groups in total. The van der Waals surface area contributed by atoms with Crippen molar-refractivity contribution in [1.29, 1.82) is 0 Å². The van der Waals surface area contributed by atoms with Crippen molar-refractivity contribution in [2.75, 3.05) is 20.2 Å². The summed E-state index contributed by atoms with van der Waals surface area (Å²) < 4.78 is 5.34. The lowest BCUT2D eigenvalue weighted by Crippen LogP contribution is -2.43. The van der Waals surface area contributed by atoms with Crippen LogP contribution in [0.4, 0.5) is 0 Å². The molecule has 4 rings (SSSR count). The van der Waals surface area contributed by atoms with Gasteiger partial charge in [0.25, 0.3) is 0 Å². The van der Waals surface area contributed by atoms with Gasteiger partial charge in [-0.25, -0.2) is 0 Å². The molecule has 2 bridgehead atoms. The van der Waals surface area contributed by atoms with E-state index in [9.17, 15) is 0 Å². The van der Waals surface area contributed by atoms with Gasteiger partial charge in [0.15, 0.2) is 0 Å². The van der Waals surface area contributed by atoms with Crippen LogP contribution < -0.4 is 4.74 Å². The number of likely N-dealkylation sites (tertiary alicyclic amines) is 1. The molecule has 1 aromatic carbocycles. The number of hydrogen-bond donors (Lipinski definition) is 0. The van der Waals surface area contributed by atoms with E-state index in [2.05, 4.69) is 30.0 Å². The molecule has 0 unspecified atom stereocenters. The van der Waals surface area contributed by atoms with Crippen LogP contribution in [0.3, 0.4) is 0 Å². The first-order valence-electron chi connectivity index (χ1n) is 9.13. The predicted molar refractivity (Wildman–Crippen MR) is 90.5 cm³/mol. The molecule has 0 amide bonds. The minimum absolute atomic E-state index is 0.751. The van der Waals surface area contributed by atoms with Gasteiger partial charge in [-0.2, -0.15) is 0 Å². The maximum Gasteiger partial charge on any atom is 0.119 e. The molecule has 22 heavy (non-hydrogen) atoms. The summed E-state index contributed by atoms with van der Waals surface area (Å²) in [4.78, 5) is 2.83. The summed E-state index contributed by atoms with van der Waals surface area (Å²) in [6.45, 7) is 4.86. The van der Waals surface area contributed by atoms with E-state index in [0.717, 1.165) is 29.5 Å². The predicted octanol–water partition coefficient (Wildman–Crippen LogP) is 4.37. The van der Waals surface area contributed by atoms with Crippen molar-refractivity contribution in [3.63, 3.8) is 0 Å². The quantitative estimate of drug-likeness (QED) is 0.821. The lowest BCUT2D eigenvalue weighted by Gasteiger charge is -2.40. The Morgan fingerprint density at radius 2 is 1.86 bits per heavy atom. The van der Waals surface area contributed by atoms with Gasteiger partial charge in [0.05, 0.1) is 7.11 Å². The fourth-order valence-electron chi connectivity index (χ4n) is 5.43. The van der Waals surface area contributed by atoms with E-state index in [1.165, 1.54) is 57.2 Å². The minimum Gasteiger partial charge on any atom is -0.497 e. The number of rotatable bonds is 3. The Hall–Kier alpha value is -1.02. The highest BCUT2D eigenvalue weighted by atomic mass is 16.5. The molecule has 1 aliphatic heterocycles. The van der Waals surface area contributed by atoms with Gasteiger partial charge in [0.2, 0.25) is 0 Å². The number of nitrogens with zero attached hydrogens (tertiary/aromatic N) is 1. The summed E-state index contributed by atoms with van der Waals surface area (Å²) in [5.41, 5.74) is 2.95. The van der Waals surface area contributed by atoms with Crippen molar-refractivity contribution in [2.24, 2.45) is 11.8 Å². The van der Waals surface area contributed by atoms with Gasteiger partial charge < -0.3 is 9.64 Å². The largest absolute Gasteiger partial charge is 0.497 e. The molecule has 0 aromatic heterocycles. The van der Waals surface area contributed by atoms with E-state index < -0.39 is 0 Å². The Morgan fingerprint density at radius 3 is 2.45 bits per heavy atom. The summed E-state index contributed by atoms with van der Waals surface area (Å²) in [6, 6.07) is 7.55. The number of ether oxygens (including phenoxy) is 1. The summed E-state index contributed by atoms with van der Waals surface area (Å²) in [5.74, 6) is 3.84. The fraction of sp³-hybridized carbons (Fsp3) is 0.700. The molecule has 3 atom stereocenters. The van der Waals surface area contributed by atoms with Crippen molar-refractivity contribution in [2.45, 2.75) is 57.4 Å². The average molecular weight is 299 g/mol. The number of piperidine rings is 1. The zero-order valence-corrected chi connectivity index (χ0v) is 14.1. The third-order valence-corrected chi connectivity index (χ3v) is 6.62. The van der Waals surface area contributed by atoms with Crippen LogP contribution >= 0.6 is 0 Å². The molecule has 1 saturated heterocycles. The van der Waals surface area contributed by atoms with Crippen LogP contribution in [0.2, 0.25) is 0 Å². The number of hydrogen-bond acceptors (Lipinski definition) is 2. The number of benzene rings is 1. The van der Waals surface area contributed by atoms with Gasteiger partial charge in [0, 0.05) is 6.04 Å². The van der Waals surface area contributed by atoms with Crippen molar-refractivity contribution in [3.8, 4) is 5.75 Å². The molecule has 2 heteroatoms. The van der Waals surface area contributed by atoms with E-state index in [1.807, 2.05) is 0 Å². The van der Waals surface area contributed by atoms with E-state index in [4.69, 9.17) is 4.74 Å². The summed E-state index contributed by atoms with van der Waals surface area (Å²) in [7, 11) is 1.75. The van der Waals surface area contributed by atoms with Crippen molar-refractivity contribution < 1.29 is 4.74 Å². The normalized spacial score (nSPS) is 32.5. The van der Waals surface area contributed by atoms with Crippen LogP contribution in [0, 0.1) is 18.8 Å². The van der Waals surface area contributed by atoms with Crippen molar-refractivity contribution in [3.05, 3.63) is 29.3 Å². The van der Waals surface area contributed by atoms with Gasteiger partial charge in [-0.05, 0) is 93.1 Å². The second-order valence-electron chi connectivity index (χ2n) is 7.77. The van der Waals surface area contributed by atoms with Crippen LogP contribution in [0.1, 0.15) is 55.6 Å². The third kappa shape index (κ3) is 2.56. The van der Waals surface area contributed by atoms with Gasteiger partial charge in [-0.3, -0.25) is 0 Å². The highest BCUT2D eigenvalue weighted by Gasteiger charge is 2.42.